The van der Waals surface area contributed by atoms with E-state index in [1.165, 1.54) is 10.6 Å². The fourth-order valence-electron chi connectivity index (χ4n) is 3.41. The monoisotopic (exact) mass is 380 g/mol. The SMILES string of the molecule is Cc1noc(C)c1-c1ccc2c(=O)cc(C=O)n(-c3ccc(F)cc3F)c2c1. The van der Waals surface area contributed by atoms with E-state index < -0.39 is 11.6 Å². The van der Waals surface area contributed by atoms with Crippen LogP contribution in [0.5, 0.6) is 0 Å². The summed E-state index contributed by atoms with van der Waals surface area (Å²) in [4.78, 5) is 24.1. The van der Waals surface area contributed by atoms with Gasteiger partial charge in [0.1, 0.15) is 17.4 Å². The average Bonchev–Trinajstić information content (AvgIpc) is 3.00. The molecule has 0 N–H and O–H groups in total. The van der Waals surface area contributed by atoms with Crippen molar-refractivity contribution in [1.82, 2.24) is 9.72 Å². The molecule has 5 nitrogen and oxygen atoms in total. The number of nitrogens with zero attached hydrogens (tertiary/aromatic N) is 2. The van der Waals surface area contributed by atoms with Crippen LogP contribution < -0.4 is 5.43 Å². The van der Waals surface area contributed by atoms with Gasteiger partial charge >= 0.3 is 0 Å². The van der Waals surface area contributed by atoms with Gasteiger partial charge in [-0.15, -0.1) is 0 Å². The van der Waals surface area contributed by atoms with Crippen molar-refractivity contribution < 1.29 is 18.1 Å². The summed E-state index contributed by atoms with van der Waals surface area (Å²) in [6, 6.07) is 9.19. The number of hydrogen-bond donors (Lipinski definition) is 0. The standard InChI is InChI=1S/C21H14F2N2O3/c1-11-21(12(2)28-24-11)13-3-5-16-19(7-13)25(15(10-26)9-20(16)27)18-6-4-14(22)8-17(18)23/h3-10H,1-2H3. The molecular formula is C21H14F2N2O3. The molecule has 4 aromatic rings. The molecular weight excluding hydrogens is 366 g/mol. The fraction of sp³-hybridized carbons (Fsp3) is 0.0952. The lowest BCUT2D eigenvalue weighted by molar-refractivity contribution is 0.111. The minimum Gasteiger partial charge on any atom is -0.361 e. The zero-order valence-electron chi connectivity index (χ0n) is 15.0. The summed E-state index contributed by atoms with van der Waals surface area (Å²) in [5.41, 5.74) is 1.96. The highest BCUT2D eigenvalue weighted by molar-refractivity contribution is 5.90. The van der Waals surface area contributed by atoms with Gasteiger partial charge in [0.25, 0.3) is 0 Å². The molecule has 0 radical (unpaired) electrons. The minimum atomic E-state index is -0.851. The van der Waals surface area contributed by atoms with Gasteiger partial charge in [0.15, 0.2) is 11.7 Å². The van der Waals surface area contributed by atoms with Crippen LogP contribution in [0.4, 0.5) is 8.78 Å². The van der Waals surface area contributed by atoms with Crippen LogP contribution in [0.25, 0.3) is 27.7 Å². The van der Waals surface area contributed by atoms with Crippen LogP contribution in [0.1, 0.15) is 21.9 Å². The third kappa shape index (κ3) is 2.72. The maximum atomic E-state index is 14.5. The number of carbonyl (C=O) groups excluding carboxylic acids is 1. The van der Waals surface area contributed by atoms with E-state index in [4.69, 9.17) is 4.52 Å². The Balaban J connectivity index is 2.13. The molecule has 0 bridgehead atoms. The molecule has 0 aliphatic carbocycles. The highest BCUT2D eigenvalue weighted by atomic mass is 19.1. The van der Waals surface area contributed by atoms with Crippen LogP contribution in [-0.2, 0) is 0 Å². The van der Waals surface area contributed by atoms with E-state index in [1.807, 2.05) is 0 Å². The van der Waals surface area contributed by atoms with Crippen LogP contribution in [0.2, 0.25) is 0 Å². The Kier molecular flexibility index (Phi) is 4.15. The summed E-state index contributed by atoms with van der Waals surface area (Å²) in [5.74, 6) is -1.00. The zero-order valence-corrected chi connectivity index (χ0v) is 15.0. The second-order valence-electron chi connectivity index (χ2n) is 6.41. The first-order valence-corrected chi connectivity index (χ1v) is 8.44. The van der Waals surface area contributed by atoms with E-state index in [1.54, 1.807) is 32.0 Å². The van der Waals surface area contributed by atoms with E-state index in [-0.39, 0.29) is 16.8 Å². The highest BCUT2D eigenvalue weighted by Gasteiger charge is 2.17. The van der Waals surface area contributed by atoms with Gasteiger partial charge in [0.05, 0.1) is 22.6 Å². The molecule has 0 unspecified atom stereocenters. The maximum Gasteiger partial charge on any atom is 0.190 e. The van der Waals surface area contributed by atoms with Gasteiger partial charge in [-0.25, -0.2) is 8.78 Å². The number of carbonyl (C=O) groups is 1. The van der Waals surface area contributed by atoms with E-state index in [0.717, 1.165) is 23.8 Å². The molecule has 0 aliphatic heterocycles. The predicted molar refractivity (Wildman–Crippen MR) is 99.8 cm³/mol. The lowest BCUT2D eigenvalue weighted by Crippen LogP contribution is -2.14. The molecule has 140 valence electrons. The van der Waals surface area contributed by atoms with Crippen molar-refractivity contribution in [1.29, 1.82) is 0 Å². The molecule has 2 aromatic carbocycles. The molecule has 4 rings (SSSR count). The summed E-state index contributed by atoms with van der Waals surface area (Å²) in [6.07, 6.45) is 0.465. The summed E-state index contributed by atoms with van der Waals surface area (Å²) in [7, 11) is 0. The largest absolute Gasteiger partial charge is 0.361 e. The first-order valence-electron chi connectivity index (χ1n) is 8.44. The Labute approximate surface area is 157 Å². The van der Waals surface area contributed by atoms with E-state index in [9.17, 15) is 18.4 Å². The Morgan fingerprint density at radius 3 is 2.50 bits per heavy atom. The molecule has 28 heavy (non-hydrogen) atoms. The van der Waals surface area contributed by atoms with Crippen LogP contribution in [-0.4, -0.2) is 16.0 Å². The fourth-order valence-corrected chi connectivity index (χ4v) is 3.41. The van der Waals surface area contributed by atoms with Gasteiger partial charge in [0.2, 0.25) is 0 Å². The van der Waals surface area contributed by atoms with Crippen molar-refractivity contribution in [3.05, 3.63) is 81.5 Å². The van der Waals surface area contributed by atoms with Crippen LogP contribution in [0, 0.1) is 25.5 Å². The summed E-state index contributed by atoms with van der Waals surface area (Å²) in [6.45, 7) is 3.54. The Morgan fingerprint density at radius 2 is 1.86 bits per heavy atom. The Hall–Kier alpha value is -3.61. The number of pyridine rings is 1. The summed E-state index contributed by atoms with van der Waals surface area (Å²) >= 11 is 0. The predicted octanol–water partition coefficient (Wildman–Crippen LogP) is 4.35. The first kappa shape index (κ1) is 17.8. The minimum absolute atomic E-state index is 0.0376. The molecule has 0 aliphatic rings. The number of benzene rings is 2. The van der Waals surface area contributed by atoms with Crippen molar-refractivity contribution in [2.24, 2.45) is 0 Å². The number of aryl methyl sites for hydroxylation is 2. The number of halogens is 2. The van der Waals surface area contributed by atoms with Crippen LogP contribution in [0.3, 0.4) is 0 Å². The van der Waals surface area contributed by atoms with Crippen molar-refractivity contribution in [3.63, 3.8) is 0 Å². The summed E-state index contributed by atoms with van der Waals surface area (Å²) in [5, 5.41) is 4.22. The molecule has 0 saturated carbocycles. The number of aldehydes is 1. The number of aromatic nitrogens is 2. The van der Waals surface area contributed by atoms with Gasteiger partial charge in [-0.1, -0.05) is 11.2 Å². The molecule has 2 aromatic heterocycles. The van der Waals surface area contributed by atoms with Gasteiger partial charge in [0, 0.05) is 23.1 Å². The Morgan fingerprint density at radius 1 is 1.07 bits per heavy atom. The van der Waals surface area contributed by atoms with Gasteiger partial charge < -0.3 is 9.09 Å². The molecule has 0 amide bonds. The first-order chi connectivity index (χ1) is 13.4. The quantitative estimate of drug-likeness (QED) is 0.496. The second-order valence-corrected chi connectivity index (χ2v) is 6.41. The van der Waals surface area contributed by atoms with Gasteiger partial charge in [-0.2, -0.15) is 0 Å². The molecule has 0 spiro atoms. The zero-order chi connectivity index (χ0) is 20.0. The van der Waals surface area contributed by atoms with E-state index in [0.29, 0.717) is 34.2 Å². The van der Waals surface area contributed by atoms with Crippen molar-refractivity contribution in [2.75, 3.05) is 0 Å². The van der Waals surface area contributed by atoms with Crippen molar-refractivity contribution in [2.45, 2.75) is 13.8 Å². The van der Waals surface area contributed by atoms with E-state index in [2.05, 4.69) is 5.16 Å². The maximum absolute atomic E-state index is 14.5. The van der Waals surface area contributed by atoms with Gasteiger partial charge in [-0.3, -0.25) is 9.59 Å². The number of fused-ring (bicyclic) bond motifs is 1. The normalized spacial score (nSPS) is 11.1. The van der Waals surface area contributed by atoms with Crippen LogP contribution >= 0.6 is 0 Å². The lowest BCUT2D eigenvalue weighted by atomic mass is 10.0. The molecule has 0 atom stereocenters. The summed E-state index contributed by atoms with van der Waals surface area (Å²) < 4.78 is 34.4. The number of hydrogen-bond acceptors (Lipinski definition) is 4. The number of rotatable bonds is 3. The highest BCUT2D eigenvalue weighted by Crippen LogP contribution is 2.30. The van der Waals surface area contributed by atoms with Gasteiger partial charge in [-0.05, 0) is 43.7 Å². The third-order valence-electron chi connectivity index (χ3n) is 4.63. The van der Waals surface area contributed by atoms with Crippen molar-refractivity contribution >= 4 is 17.2 Å². The molecule has 0 fully saturated rings. The molecule has 7 heteroatoms. The average molecular weight is 380 g/mol. The van der Waals surface area contributed by atoms with E-state index >= 15 is 0 Å². The molecule has 2 heterocycles. The third-order valence-corrected chi connectivity index (χ3v) is 4.63. The Bertz CT molecular complexity index is 1290. The topological polar surface area (TPSA) is 65.1 Å². The lowest BCUT2D eigenvalue weighted by Gasteiger charge is -2.16. The smallest absolute Gasteiger partial charge is 0.190 e. The second kappa shape index (κ2) is 6.53. The van der Waals surface area contributed by atoms with Crippen LogP contribution in [0.15, 0.2) is 51.8 Å². The van der Waals surface area contributed by atoms with Crippen molar-refractivity contribution in [3.8, 4) is 16.8 Å². The molecule has 0 saturated heterocycles.